The molecule has 0 aliphatic carbocycles. The highest BCUT2D eigenvalue weighted by atomic mass is 19.1. The minimum Gasteiger partial charge on any atom is -0.479 e. The standard InChI is InChI=1S/C30H34FN3O3/c1-6-28(37-9-4)34(26-18-14-24(31)15-19-26)27-20-23(11-10-21(27)5)29(35)32-25-16-12-22(13-17-25)30(36)33(7-2)8-3/h6,10-20H,7-9H2,1-5H3,(H,32,35)/b28-6+. The first-order valence-corrected chi connectivity index (χ1v) is 12.5. The van der Waals surface area contributed by atoms with Crippen LogP contribution in [0.2, 0.25) is 0 Å². The van der Waals surface area contributed by atoms with E-state index in [0.29, 0.717) is 48.1 Å². The number of rotatable bonds is 10. The average molecular weight is 504 g/mol. The first-order valence-electron chi connectivity index (χ1n) is 12.5. The molecule has 0 unspecified atom stereocenters. The number of amides is 2. The highest BCUT2D eigenvalue weighted by molar-refractivity contribution is 6.05. The number of carbonyl (C=O) groups excluding carboxylic acids is 2. The lowest BCUT2D eigenvalue weighted by Crippen LogP contribution is -2.30. The molecule has 0 aliphatic rings. The third kappa shape index (κ3) is 6.55. The molecule has 1 N–H and O–H groups in total. The van der Waals surface area contributed by atoms with Gasteiger partial charge >= 0.3 is 0 Å². The van der Waals surface area contributed by atoms with Crippen LogP contribution in [0.5, 0.6) is 0 Å². The zero-order valence-electron chi connectivity index (χ0n) is 22.0. The van der Waals surface area contributed by atoms with Crippen molar-refractivity contribution in [3.63, 3.8) is 0 Å². The predicted octanol–water partition coefficient (Wildman–Crippen LogP) is 6.90. The second kappa shape index (κ2) is 12.7. The Bertz CT molecular complexity index is 1250. The van der Waals surface area contributed by atoms with Crippen LogP contribution in [0, 0.1) is 12.7 Å². The van der Waals surface area contributed by atoms with Gasteiger partial charge in [-0.2, -0.15) is 0 Å². The van der Waals surface area contributed by atoms with E-state index in [1.807, 2.05) is 51.7 Å². The highest BCUT2D eigenvalue weighted by Gasteiger charge is 2.20. The van der Waals surface area contributed by atoms with Crippen molar-refractivity contribution < 1.29 is 18.7 Å². The summed E-state index contributed by atoms with van der Waals surface area (Å²) in [6, 6.07) is 18.4. The third-order valence-corrected chi connectivity index (χ3v) is 6.00. The quantitative estimate of drug-likeness (QED) is 0.306. The molecule has 0 radical (unpaired) electrons. The van der Waals surface area contributed by atoms with Crippen molar-refractivity contribution in [2.24, 2.45) is 0 Å². The van der Waals surface area contributed by atoms with Gasteiger partial charge in [0.25, 0.3) is 11.8 Å². The molecular formula is C30H34FN3O3. The van der Waals surface area contributed by atoms with E-state index < -0.39 is 0 Å². The fourth-order valence-corrected chi connectivity index (χ4v) is 3.98. The molecule has 0 spiro atoms. The van der Waals surface area contributed by atoms with E-state index in [-0.39, 0.29) is 17.6 Å². The topological polar surface area (TPSA) is 61.9 Å². The van der Waals surface area contributed by atoms with E-state index >= 15 is 0 Å². The number of benzene rings is 3. The molecule has 0 saturated heterocycles. The molecule has 0 fully saturated rings. The van der Waals surface area contributed by atoms with Gasteiger partial charge in [0.05, 0.1) is 12.3 Å². The second-order valence-electron chi connectivity index (χ2n) is 8.38. The fraction of sp³-hybridized carbons (Fsp3) is 0.267. The fourth-order valence-electron chi connectivity index (χ4n) is 3.98. The normalized spacial score (nSPS) is 11.1. The van der Waals surface area contributed by atoms with Crippen LogP contribution in [0.3, 0.4) is 0 Å². The van der Waals surface area contributed by atoms with Crippen LogP contribution >= 0.6 is 0 Å². The van der Waals surface area contributed by atoms with Gasteiger partial charge in [0.2, 0.25) is 0 Å². The molecule has 0 aromatic heterocycles. The molecular weight excluding hydrogens is 469 g/mol. The number of hydrogen-bond acceptors (Lipinski definition) is 4. The molecule has 6 nitrogen and oxygen atoms in total. The van der Waals surface area contributed by atoms with Gasteiger partial charge in [-0.25, -0.2) is 4.39 Å². The molecule has 0 atom stereocenters. The van der Waals surface area contributed by atoms with Gasteiger partial charge in [0.15, 0.2) is 5.88 Å². The SMILES string of the molecule is C/C=C(/OCC)N(c1ccc(F)cc1)c1cc(C(=O)Nc2ccc(C(=O)N(CC)CC)cc2)ccc1C. The van der Waals surface area contributed by atoms with Gasteiger partial charge in [0.1, 0.15) is 5.82 Å². The molecule has 0 saturated carbocycles. The van der Waals surface area contributed by atoms with Gasteiger partial charge in [-0.3, -0.25) is 14.5 Å². The number of ether oxygens (including phenoxy) is 1. The summed E-state index contributed by atoms with van der Waals surface area (Å²) in [6.45, 7) is 11.3. The second-order valence-corrected chi connectivity index (χ2v) is 8.38. The summed E-state index contributed by atoms with van der Waals surface area (Å²) in [5.41, 5.74) is 3.96. The maximum atomic E-state index is 13.6. The molecule has 0 aliphatic heterocycles. The van der Waals surface area contributed by atoms with Crippen LogP contribution in [0.4, 0.5) is 21.5 Å². The first kappa shape index (κ1) is 27.5. The maximum absolute atomic E-state index is 13.6. The minimum absolute atomic E-state index is 0.0407. The van der Waals surface area contributed by atoms with Crippen molar-refractivity contribution in [3.8, 4) is 0 Å². The average Bonchev–Trinajstić information content (AvgIpc) is 2.91. The summed E-state index contributed by atoms with van der Waals surface area (Å²) in [4.78, 5) is 29.3. The number of carbonyl (C=O) groups is 2. The Kier molecular flexibility index (Phi) is 9.44. The number of nitrogens with zero attached hydrogens (tertiary/aromatic N) is 2. The molecule has 0 bridgehead atoms. The Balaban J connectivity index is 1.90. The molecule has 194 valence electrons. The molecule has 3 aromatic rings. The molecule has 2 amide bonds. The van der Waals surface area contributed by atoms with E-state index in [2.05, 4.69) is 5.32 Å². The lowest BCUT2D eigenvalue weighted by molar-refractivity contribution is 0.0773. The molecule has 3 rings (SSSR count). The molecule has 7 heteroatoms. The number of halogens is 1. The molecule has 37 heavy (non-hydrogen) atoms. The van der Waals surface area contributed by atoms with Crippen molar-refractivity contribution in [1.82, 2.24) is 4.90 Å². The largest absolute Gasteiger partial charge is 0.479 e. The monoisotopic (exact) mass is 503 g/mol. The van der Waals surface area contributed by atoms with Crippen molar-refractivity contribution in [1.29, 1.82) is 0 Å². The van der Waals surface area contributed by atoms with Crippen LogP contribution in [0.15, 0.2) is 78.7 Å². The van der Waals surface area contributed by atoms with E-state index in [1.165, 1.54) is 12.1 Å². The number of nitrogens with one attached hydrogen (secondary N) is 1. The Labute approximate surface area is 218 Å². The van der Waals surface area contributed by atoms with Crippen LogP contribution in [-0.2, 0) is 4.74 Å². The van der Waals surface area contributed by atoms with Crippen molar-refractivity contribution in [2.45, 2.75) is 34.6 Å². The Morgan fingerprint density at radius 2 is 1.54 bits per heavy atom. The highest BCUT2D eigenvalue weighted by Crippen LogP contribution is 2.34. The van der Waals surface area contributed by atoms with Crippen molar-refractivity contribution in [2.75, 3.05) is 29.9 Å². The van der Waals surface area contributed by atoms with Gasteiger partial charge in [-0.15, -0.1) is 0 Å². The Morgan fingerprint density at radius 1 is 0.919 bits per heavy atom. The molecule has 0 heterocycles. The summed E-state index contributed by atoms with van der Waals surface area (Å²) in [5.74, 6) is -0.0948. The Hall–Kier alpha value is -4.13. The van der Waals surface area contributed by atoms with Crippen LogP contribution in [-0.4, -0.2) is 36.4 Å². The lowest BCUT2D eigenvalue weighted by atomic mass is 10.1. The van der Waals surface area contributed by atoms with Gasteiger partial charge in [0, 0.05) is 35.6 Å². The zero-order chi connectivity index (χ0) is 26.9. The van der Waals surface area contributed by atoms with Gasteiger partial charge in [-0.05, 0) is 107 Å². The summed E-state index contributed by atoms with van der Waals surface area (Å²) >= 11 is 0. The third-order valence-electron chi connectivity index (χ3n) is 6.00. The van der Waals surface area contributed by atoms with E-state index in [4.69, 9.17) is 4.74 Å². The van der Waals surface area contributed by atoms with E-state index in [9.17, 15) is 14.0 Å². The van der Waals surface area contributed by atoms with E-state index in [0.717, 1.165) is 11.3 Å². The summed E-state index contributed by atoms with van der Waals surface area (Å²) in [7, 11) is 0. The number of hydrogen-bond donors (Lipinski definition) is 1. The van der Waals surface area contributed by atoms with Crippen LogP contribution in [0.1, 0.15) is 54.0 Å². The smallest absolute Gasteiger partial charge is 0.255 e. The number of allylic oxidation sites excluding steroid dienone is 1. The summed E-state index contributed by atoms with van der Waals surface area (Å²) in [5, 5.41) is 2.90. The summed E-state index contributed by atoms with van der Waals surface area (Å²) < 4.78 is 19.5. The van der Waals surface area contributed by atoms with Crippen molar-refractivity contribution in [3.05, 3.63) is 101 Å². The molecule has 3 aromatic carbocycles. The summed E-state index contributed by atoms with van der Waals surface area (Å²) in [6.07, 6.45) is 1.83. The van der Waals surface area contributed by atoms with Gasteiger partial charge < -0.3 is 15.0 Å². The first-order chi connectivity index (χ1) is 17.8. The van der Waals surface area contributed by atoms with E-state index in [1.54, 1.807) is 53.4 Å². The maximum Gasteiger partial charge on any atom is 0.255 e. The lowest BCUT2D eigenvalue weighted by Gasteiger charge is -2.29. The van der Waals surface area contributed by atoms with Crippen LogP contribution < -0.4 is 10.2 Å². The van der Waals surface area contributed by atoms with Crippen LogP contribution in [0.25, 0.3) is 0 Å². The van der Waals surface area contributed by atoms with Crippen molar-refractivity contribution >= 4 is 28.9 Å². The number of anilines is 3. The predicted molar refractivity (Wildman–Crippen MR) is 147 cm³/mol. The number of aryl methyl sites for hydroxylation is 1. The minimum atomic E-state index is -0.336. The Morgan fingerprint density at radius 3 is 2.11 bits per heavy atom. The van der Waals surface area contributed by atoms with Gasteiger partial charge in [-0.1, -0.05) is 6.07 Å². The zero-order valence-corrected chi connectivity index (χ0v) is 22.0.